The van der Waals surface area contributed by atoms with E-state index in [2.05, 4.69) is 29.8 Å². The maximum Gasteiger partial charge on any atom is 0.00571 e. The molecule has 0 radical (unpaired) electrons. The third kappa shape index (κ3) is 4.01. The molecule has 0 aliphatic heterocycles. The second-order valence-electron chi connectivity index (χ2n) is 4.79. The zero-order chi connectivity index (χ0) is 9.68. The van der Waals surface area contributed by atoms with Crippen molar-refractivity contribution >= 4 is 15.9 Å². The number of alkyl halides is 1. The molecule has 78 valence electrons. The van der Waals surface area contributed by atoms with Gasteiger partial charge in [0.05, 0.1) is 0 Å². The van der Waals surface area contributed by atoms with Crippen molar-refractivity contribution in [2.75, 3.05) is 5.33 Å². The van der Waals surface area contributed by atoms with Crippen molar-refractivity contribution in [2.45, 2.75) is 52.4 Å². The van der Waals surface area contributed by atoms with Crippen LogP contribution < -0.4 is 0 Å². The number of hydrogen-bond donors (Lipinski definition) is 0. The average molecular weight is 247 g/mol. The van der Waals surface area contributed by atoms with Gasteiger partial charge in [-0.25, -0.2) is 0 Å². The van der Waals surface area contributed by atoms with Crippen LogP contribution in [0.2, 0.25) is 0 Å². The van der Waals surface area contributed by atoms with Gasteiger partial charge in [0.25, 0.3) is 0 Å². The van der Waals surface area contributed by atoms with E-state index in [1.807, 2.05) is 0 Å². The summed E-state index contributed by atoms with van der Waals surface area (Å²) in [6.45, 7) is 4.70. The molecule has 0 aromatic carbocycles. The highest BCUT2D eigenvalue weighted by Crippen LogP contribution is 2.34. The summed E-state index contributed by atoms with van der Waals surface area (Å²) in [5.74, 6) is 2.97. The van der Waals surface area contributed by atoms with Crippen molar-refractivity contribution in [3.8, 4) is 0 Å². The lowest BCUT2D eigenvalue weighted by Crippen LogP contribution is -2.16. The van der Waals surface area contributed by atoms with Crippen LogP contribution in [0.15, 0.2) is 0 Å². The molecule has 1 aliphatic carbocycles. The summed E-state index contributed by atoms with van der Waals surface area (Å²) in [5.41, 5.74) is 0. The number of rotatable bonds is 4. The monoisotopic (exact) mass is 246 g/mol. The minimum Gasteiger partial charge on any atom is -0.0925 e. The van der Waals surface area contributed by atoms with Gasteiger partial charge in [0.2, 0.25) is 0 Å². The van der Waals surface area contributed by atoms with E-state index in [0.717, 1.165) is 17.8 Å². The Bertz CT molecular complexity index is 125. The van der Waals surface area contributed by atoms with E-state index < -0.39 is 0 Å². The Labute approximate surface area is 91.6 Å². The van der Waals surface area contributed by atoms with E-state index in [4.69, 9.17) is 0 Å². The lowest BCUT2D eigenvalue weighted by molar-refractivity contribution is 0.242. The first kappa shape index (κ1) is 11.6. The lowest BCUT2D eigenvalue weighted by atomic mass is 9.78. The van der Waals surface area contributed by atoms with Crippen LogP contribution in [-0.4, -0.2) is 5.33 Å². The quantitative estimate of drug-likeness (QED) is 0.635. The Hall–Kier alpha value is 0.480. The second-order valence-corrected chi connectivity index (χ2v) is 5.44. The Balaban J connectivity index is 2.17. The highest BCUT2D eigenvalue weighted by molar-refractivity contribution is 9.09. The van der Waals surface area contributed by atoms with Crippen LogP contribution >= 0.6 is 15.9 Å². The fourth-order valence-corrected chi connectivity index (χ4v) is 2.77. The standard InChI is InChI=1S/C12H23Br/c1-3-11-4-6-12(7-5-11)8-10(2)9-13/h10-12H,3-9H2,1-2H3. The lowest BCUT2D eigenvalue weighted by Gasteiger charge is -2.29. The van der Waals surface area contributed by atoms with Crippen LogP contribution in [0, 0.1) is 17.8 Å². The van der Waals surface area contributed by atoms with Crippen LogP contribution in [0.3, 0.4) is 0 Å². The minimum absolute atomic E-state index is 0.878. The molecular formula is C12H23Br. The molecule has 1 fully saturated rings. The van der Waals surface area contributed by atoms with Gasteiger partial charge in [0.1, 0.15) is 0 Å². The van der Waals surface area contributed by atoms with Crippen molar-refractivity contribution in [2.24, 2.45) is 17.8 Å². The van der Waals surface area contributed by atoms with E-state index in [0.29, 0.717) is 0 Å². The van der Waals surface area contributed by atoms with Gasteiger partial charge < -0.3 is 0 Å². The van der Waals surface area contributed by atoms with E-state index in [1.54, 1.807) is 0 Å². The molecule has 0 nitrogen and oxygen atoms in total. The van der Waals surface area contributed by atoms with Gasteiger partial charge in [-0.1, -0.05) is 61.9 Å². The average Bonchev–Trinajstić information content (AvgIpc) is 2.19. The molecule has 13 heavy (non-hydrogen) atoms. The predicted octanol–water partition coefficient (Wildman–Crippen LogP) is 4.62. The Morgan fingerprint density at radius 2 is 1.69 bits per heavy atom. The molecule has 1 aliphatic rings. The summed E-state index contributed by atoms with van der Waals surface area (Å²) in [6, 6.07) is 0. The van der Waals surface area contributed by atoms with Crippen LogP contribution in [0.25, 0.3) is 0 Å². The van der Waals surface area contributed by atoms with E-state index in [9.17, 15) is 0 Å². The summed E-state index contributed by atoms with van der Waals surface area (Å²) in [6.07, 6.45) is 8.83. The summed E-state index contributed by atoms with van der Waals surface area (Å²) in [4.78, 5) is 0. The molecule has 0 aromatic rings. The van der Waals surface area contributed by atoms with Crippen molar-refractivity contribution in [1.82, 2.24) is 0 Å². The van der Waals surface area contributed by atoms with Gasteiger partial charge in [0, 0.05) is 5.33 Å². The van der Waals surface area contributed by atoms with Crippen molar-refractivity contribution in [3.63, 3.8) is 0 Å². The van der Waals surface area contributed by atoms with Crippen molar-refractivity contribution < 1.29 is 0 Å². The maximum atomic E-state index is 3.57. The molecule has 0 bridgehead atoms. The van der Waals surface area contributed by atoms with Gasteiger partial charge in [-0.05, 0) is 24.2 Å². The van der Waals surface area contributed by atoms with E-state index in [1.165, 1.54) is 43.9 Å². The van der Waals surface area contributed by atoms with E-state index >= 15 is 0 Å². The second kappa shape index (κ2) is 6.06. The normalized spacial score (nSPS) is 31.6. The molecule has 0 aromatic heterocycles. The topological polar surface area (TPSA) is 0 Å². The van der Waals surface area contributed by atoms with Gasteiger partial charge >= 0.3 is 0 Å². The highest BCUT2D eigenvalue weighted by atomic mass is 79.9. The highest BCUT2D eigenvalue weighted by Gasteiger charge is 2.20. The molecule has 1 unspecified atom stereocenters. The molecular weight excluding hydrogens is 224 g/mol. The Morgan fingerprint density at radius 3 is 2.15 bits per heavy atom. The molecule has 1 atom stereocenters. The van der Waals surface area contributed by atoms with Crippen LogP contribution in [0.5, 0.6) is 0 Å². The molecule has 1 heteroatoms. The first-order chi connectivity index (χ1) is 6.26. The van der Waals surface area contributed by atoms with E-state index in [-0.39, 0.29) is 0 Å². The first-order valence-corrected chi connectivity index (χ1v) is 6.94. The minimum atomic E-state index is 0.878. The third-order valence-electron chi connectivity index (χ3n) is 3.54. The van der Waals surface area contributed by atoms with Crippen molar-refractivity contribution in [1.29, 1.82) is 0 Å². The zero-order valence-electron chi connectivity index (χ0n) is 9.06. The summed E-state index contributed by atoms with van der Waals surface area (Å²) in [7, 11) is 0. The first-order valence-electron chi connectivity index (χ1n) is 5.82. The largest absolute Gasteiger partial charge is 0.0925 e. The molecule has 1 saturated carbocycles. The summed E-state index contributed by atoms with van der Waals surface area (Å²) < 4.78 is 0. The van der Waals surface area contributed by atoms with Gasteiger partial charge in [-0.2, -0.15) is 0 Å². The van der Waals surface area contributed by atoms with Crippen LogP contribution in [-0.2, 0) is 0 Å². The van der Waals surface area contributed by atoms with Crippen LogP contribution in [0.1, 0.15) is 52.4 Å². The molecule has 0 spiro atoms. The molecule has 0 N–H and O–H groups in total. The zero-order valence-corrected chi connectivity index (χ0v) is 10.6. The number of halogens is 1. The smallest absolute Gasteiger partial charge is 0.00571 e. The molecule has 0 heterocycles. The summed E-state index contributed by atoms with van der Waals surface area (Å²) in [5, 5.41) is 1.18. The van der Waals surface area contributed by atoms with Crippen molar-refractivity contribution in [3.05, 3.63) is 0 Å². The Morgan fingerprint density at radius 1 is 1.15 bits per heavy atom. The maximum absolute atomic E-state index is 3.57. The van der Waals surface area contributed by atoms with Crippen LogP contribution in [0.4, 0.5) is 0 Å². The summed E-state index contributed by atoms with van der Waals surface area (Å²) >= 11 is 3.57. The Kier molecular flexibility index (Phi) is 5.38. The fourth-order valence-electron chi connectivity index (χ4n) is 2.51. The van der Waals surface area contributed by atoms with Gasteiger partial charge in [-0.15, -0.1) is 0 Å². The number of hydrogen-bond acceptors (Lipinski definition) is 0. The fraction of sp³-hybridized carbons (Fsp3) is 1.00. The predicted molar refractivity (Wildman–Crippen MR) is 63.3 cm³/mol. The van der Waals surface area contributed by atoms with Gasteiger partial charge in [-0.3, -0.25) is 0 Å². The molecule has 0 amide bonds. The van der Waals surface area contributed by atoms with Gasteiger partial charge in [0.15, 0.2) is 0 Å². The third-order valence-corrected chi connectivity index (χ3v) is 4.65. The molecule has 0 saturated heterocycles. The SMILES string of the molecule is CCC1CCC(CC(C)CBr)CC1. The molecule has 1 rings (SSSR count).